The molecule has 4 aromatic carbocycles. The smallest absolute Gasteiger partial charge is 0.0195 e. The van der Waals surface area contributed by atoms with Crippen molar-refractivity contribution in [3.63, 3.8) is 0 Å². The van der Waals surface area contributed by atoms with Crippen LogP contribution in [0.4, 0.5) is 0 Å². The predicted molar refractivity (Wildman–Crippen MR) is 112 cm³/mol. The summed E-state index contributed by atoms with van der Waals surface area (Å²) in [6.07, 6.45) is 1.12. The molecule has 0 fully saturated rings. The summed E-state index contributed by atoms with van der Waals surface area (Å²) in [4.78, 5) is 0. The van der Waals surface area contributed by atoms with Crippen LogP contribution < -0.4 is 0 Å². The maximum absolute atomic E-state index is 2.45. The lowest BCUT2D eigenvalue weighted by Crippen LogP contribution is -2.37. The fourth-order valence-electron chi connectivity index (χ4n) is 5.39. The molecule has 0 spiro atoms. The van der Waals surface area contributed by atoms with E-state index in [-0.39, 0.29) is 10.8 Å². The first-order valence-corrected chi connectivity index (χ1v) is 9.52. The van der Waals surface area contributed by atoms with Gasteiger partial charge in [0, 0.05) is 5.41 Å². The zero-order valence-corrected chi connectivity index (χ0v) is 15.7. The lowest BCUT2D eigenvalue weighted by molar-refractivity contribution is 0.364. The van der Waals surface area contributed by atoms with Gasteiger partial charge in [-0.3, -0.25) is 0 Å². The van der Waals surface area contributed by atoms with Crippen molar-refractivity contribution in [1.82, 2.24) is 0 Å². The normalized spacial score (nSPS) is 21.2. The minimum atomic E-state index is -0.00176. The molecule has 0 amide bonds. The third-order valence-corrected chi connectivity index (χ3v) is 6.41. The summed E-state index contributed by atoms with van der Waals surface area (Å²) >= 11 is 0. The molecule has 1 atom stereocenters. The summed E-state index contributed by atoms with van der Waals surface area (Å²) in [6, 6.07) is 29.2. The number of rotatable bonds is 1. The summed E-state index contributed by atoms with van der Waals surface area (Å²) in [5, 5.41) is 5.53. The average molecular weight is 336 g/mol. The molecule has 0 aromatic heterocycles. The van der Waals surface area contributed by atoms with E-state index in [0.29, 0.717) is 0 Å². The van der Waals surface area contributed by atoms with Gasteiger partial charge in [-0.05, 0) is 50.1 Å². The highest BCUT2D eigenvalue weighted by Crippen LogP contribution is 2.53. The molecule has 4 aromatic rings. The Morgan fingerprint density at radius 1 is 0.577 bits per heavy atom. The molecule has 26 heavy (non-hydrogen) atoms. The Balaban J connectivity index is 1.92. The van der Waals surface area contributed by atoms with Crippen molar-refractivity contribution < 1.29 is 0 Å². The van der Waals surface area contributed by atoms with E-state index in [4.69, 9.17) is 0 Å². The predicted octanol–water partition coefficient (Wildman–Crippen LogP) is 6.98. The summed E-state index contributed by atoms with van der Waals surface area (Å²) in [6.45, 7) is 7.25. The van der Waals surface area contributed by atoms with E-state index in [9.17, 15) is 0 Å². The Hall–Kier alpha value is -2.60. The van der Waals surface area contributed by atoms with Crippen LogP contribution in [0.2, 0.25) is 0 Å². The quantitative estimate of drug-likeness (QED) is 0.352. The van der Waals surface area contributed by atoms with E-state index in [0.717, 1.165) is 6.42 Å². The minimum absolute atomic E-state index is 0.00176. The van der Waals surface area contributed by atoms with Gasteiger partial charge in [0.1, 0.15) is 0 Å². The van der Waals surface area contributed by atoms with Crippen LogP contribution in [0.25, 0.3) is 21.5 Å². The van der Waals surface area contributed by atoms with Crippen LogP contribution >= 0.6 is 0 Å². The standard InChI is InChI=1S/C26H24/c1-25(2)17-26(3,21-14-6-10-18-9-4-5-13-20(18)21)23-16-8-12-19-11-7-15-22(25)24(19)23/h4-16H,17H2,1-3H3/t26-/m1/s1. The van der Waals surface area contributed by atoms with Gasteiger partial charge in [-0.25, -0.2) is 0 Å². The number of hydrogen-bond acceptors (Lipinski definition) is 0. The highest BCUT2D eigenvalue weighted by atomic mass is 14.5. The second-order valence-electron chi connectivity index (χ2n) is 8.63. The van der Waals surface area contributed by atoms with Crippen LogP contribution in [0.1, 0.15) is 43.9 Å². The zero-order valence-electron chi connectivity index (χ0n) is 15.7. The van der Waals surface area contributed by atoms with Crippen molar-refractivity contribution >= 4 is 21.5 Å². The van der Waals surface area contributed by atoms with Crippen LogP contribution in [0, 0.1) is 0 Å². The lowest BCUT2D eigenvalue weighted by atomic mass is 9.58. The molecule has 0 saturated heterocycles. The Labute approximate surface area is 155 Å². The Morgan fingerprint density at radius 2 is 1.15 bits per heavy atom. The Bertz CT molecular complexity index is 1140. The average Bonchev–Trinajstić information content (AvgIpc) is 2.65. The van der Waals surface area contributed by atoms with Gasteiger partial charge in [-0.1, -0.05) is 99.6 Å². The van der Waals surface area contributed by atoms with Gasteiger partial charge in [0.05, 0.1) is 0 Å². The molecule has 1 aliphatic carbocycles. The first-order valence-electron chi connectivity index (χ1n) is 9.52. The van der Waals surface area contributed by atoms with Crippen LogP contribution in [0.15, 0.2) is 78.9 Å². The fraction of sp³-hybridized carbons (Fsp3) is 0.231. The second kappa shape index (κ2) is 5.20. The topological polar surface area (TPSA) is 0 Å². The molecule has 0 bridgehead atoms. The van der Waals surface area contributed by atoms with Crippen molar-refractivity contribution in [2.24, 2.45) is 0 Å². The van der Waals surface area contributed by atoms with Crippen LogP contribution in [0.5, 0.6) is 0 Å². The summed E-state index contributed by atoms with van der Waals surface area (Å²) in [5.74, 6) is 0. The third kappa shape index (κ3) is 2.02. The monoisotopic (exact) mass is 336 g/mol. The van der Waals surface area contributed by atoms with Crippen LogP contribution in [-0.2, 0) is 10.8 Å². The van der Waals surface area contributed by atoms with E-state index in [2.05, 4.69) is 99.6 Å². The van der Waals surface area contributed by atoms with E-state index in [1.165, 1.54) is 38.2 Å². The van der Waals surface area contributed by atoms with Crippen molar-refractivity contribution in [3.8, 4) is 0 Å². The molecule has 0 unspecified atom stereocenters. The minimum Gasteiger partial charge on any atom is -0.0616 e. The molecule has 128 valence electrons. The van der Waals surface area contributed by atoms with Gasteiger partial charge < -0.3 is 0 Å². The number of fused-ring (bicyclic) bond motifs is 1. The molecule has 0 radical (unpaired) electrons. The third-order valence-electron chi connectivity index (χ3n) is 6.41. The van der Waals surface area contributed by atoms with E-state index < -0.39 is 0 Å². The van der Waals surface area contributed by atoms with Crippen LogP contribution in [-0.4, -0.2) is 0 Å². The number of hydrogen-bond donors (Lipinski definition) is 0. The van der Waals surface area contributed by atoms with Crippen molar-refractivity contribution in [3.05, 3.63) is 95.6 Å². The van der Waals surface area contributed by atoms with Crippen molar-refractivity contribution in [2.75, 3.05) is 0 Å². The first-order chi connectivity index (χ1) is 12.5. The Kier molecular flexibility index (Phi) is 3.13. The van der Waals surface area contributed by atoms with E-state index >= 15 is 0 Å². The zero-order chi connectivity index (χ0) is 17.9. The molecular weight excluding hydrogens is 312 g/mol. The SMILES string of the molecule is CC1(C)C[C@](C)(c2cccc3ccccc23)c2cccc3cccc1c23. The molecular formula is C26H24. The maximum Gasteiger partial charge on any atom is 0.0195 e. The van der Waals surface area contributed by atoms with Gasteiger partial charge in [0.15, 0.2) is 0 Å². The lowest BCUT2D eigenvalue weighted by Gasteiger charge is -2.45. The van der Waals surface area contributed by atoms with Gasteiger partial charge >= 0.3 is 0 Å². The van der Waals surface area contributed by atoms with E-state index in [1.54, 1.807) is 0 Å². The second-order valence-corrected chi connectivity index (χ2v) is 8.63. The number of benzene rings is 4. The Morgan fingerprint density at radius 3 is 1.92 bits per heavy atom. The summed E-state index contributed by atoms with van der Waals surface area (Å²) < 4.78 is 0. The molecule has 0 heteroatoms. The molecule has 0 nitrogen and oxygen atoms in total. The summed E-state index contributed by atoms with van der Waals surface area (Å²) in [5.41, 5.74) is 4.55. The summed E-state index contributed by atoms with van der Waals surface area (Å²) in [7, 11) is 0. The molecule has 0 saturated carbocycles. The molecule has 0 heterocycles. The van der Waals surface area contributed by atoms with Gasteiger partial charge in [-0.15, -0.1) is 0 Å². The van der Waals surface area contributed by atoms with Crippen molar-refractivity contribution in [1.29, 1.82) is 0 Å². The molecule has 1 aliphatic rings. The van der Waals surface area contributed by atoms with Gasteiger partial charge in [0.2, 0.25) is 0 Å². The van der Waals surface area contributed by atoms with Crippen LogP contribution in [0.3, 0.4) is 0 Å². The molecule has 0 N–H and O–H groups in total. The first kappa shape index (κ1) is 15.6. The molecule has 0 aliphatic heterocycles. The van der Waals surface area contributed by atoms with Gasteiger partial charge in [0.25, 0.3) is 0 Å². The molecule has 5 rings (SSSR count). The van der Waals surface area contributed by atoms with E-state index in [1.807, 2.05) is 0 Å². The maximum atomic E-state index is 2.45. The highest BCUT2D eigenvalue weighted by molar-refractivity contribution is 5.94. The van der Waals surface area contributed by atoms with Gasteiger partial charge in [-0.2, -0.15) is 0 Å². The highest BCUT2D eigenvalue weighted by Gasteiger charge is 2.43. The van der Waals surface area contributed by atoms with Crippen molar-refractivity contribution in [2.45, 2.75) is 38.0 Å². The largest absolute Gasteiger partial charge is 0.0616 e. The fourth-order valence-corrected chi connectivity index (χ4v) is 5.39.